The van der Waals surface area contributed by atoms with E-state index in [1.165, 1.54) is 12.8 Å². The fourth-order valence-electron chi connectivity index (χ4n) is 0.837. The Morgan fingerprint density at radius 1 is 1.50 bits per heavy atom. The molecule has 0 amide bonds. The molecule has 0 unspecified atom stereocenters. The Labute approximate surface area is 71.3 Å². The molecule has 1 nitrogen and oxygen atoms in total. The van der Waals surface area contributed by atoms with Crippen molar-refractivity contribution in [3.63, 3.8) is 0 Å². The van der Waals surface area contributed by atoms with Crippen molar-refractivity contribution >= 4 is 15.9 Å². The van der Waals surface area contributed by atoms with E-state index in [2.05, 4.69) is 29.8 Å². The van der Waals surface area contributed by atoms with Gasteiger partial charge in [-0.2, -0.15) is 0 Å². The van der Waals surface area contributed by atoms with Crippen molar-refractivity contribution in [1.82, 2.24) is 0 Å². The molecular formula is C8H15BrO. The molecular weight excluding hydrogens is 192 g/mol. The second kappa shape index (κ2) is 3.22. The molecule has 0 radical (unpaired) electrons. The summed E-state index contributed by atoms with van der Waals surface area (Å²) in [5.41, 5.74) is 0.518. The average molecular weight is 207 g/mol. The monoisotopic (exact) mass is 206 g/mol. The van der Waals surface area contributed by atoms with Gasteiger partial charge in [0.2, 0.25) is 0 Å². The third kappa shape index (κ3) is 2.24. The van der Waals surface area contributed by atoms with Gasteiger partial charge in [-0.25, -0.2) is 0 Å². The SMILES string of the molecule is CC(C)OCC1(CBr)CC1. The lowest BCUT2D eigenvalue weighted by Gasteiger charge is -2.13. The summed E-state index contributed by atoms with van der Waals surface area (Å²) in [5.74, 6) is 0. The molecule has 10 heavy (non-hydrogen) atoms. The standard InChI is InChI=1S/C8H15BrO/c1-7(2)10-6-8(5-9)3-4-8/h7H,3-6H2,1-2H3. The Bertz CT molecular complexity index is 108. The van der Waals surface area contributed by atoms with Gasteiger partial charge in [-0.05, 0) is 26.7 Å². The molecule has 0 atom stereocenters. The highest BCUT2D eigenvalue weighted by molar-refractivity contribution is 9.09. The van der Waals surface area contributed by atoms with Gasteiger partial charge in [0.1, 0.15) is 0 Å². The molecule has 0 spiro atoms. The zero-order valence-corrected chi connectivity index (χ0v) is 8.28. The van der Waals surface area contributed by atoms with E-state index in [4.69, 9.17) is 4.74 Å². The first-order valence-electron chi connectivity index (χ1n) is 3.86. The van der Waals surface area contributed by atoms with Gasteiger partial charge in [-0.3, -0.25) is 0 Å². The van der Waals surface area contributed by atoms with Crippen molar-refractivity contribution in [2.24, 2.45) is 5.41 Å². The molecule has 0 aromatic heterocycles. The molecule has 2 heteroatoms. The maximum Gasteiger partial charge on any atom is 0.0533 e. The summed E-state index contributed by atoms with van der Waals surface area (Å²) in [6.07, 6.45) is 3.06. The minimum atomic E-state index is 0.386. The van der Waals surface area contributed by atoms with Gasteiger partial charge in [0.25, 0.3) is 0 Å². The van der Waals surface area contributed by atoms with Crippen LogP contribution in [0, 0.1) is 5.41 Å². The Morgan fingerprint density at radius 2 is 2.10 bits per heavy atom. The minimum absolute atomic E-state index is 0.386. The molecule has 0 aromatic rings. The van der Waals surface area contributed by atoms with Crippen LogP contribution in [0.2, 0.25) is 0 Å². The summed E-state index contributed by atoms with van der Waals surface area (Å²) in [4.78, 5) is 0. The van der Waals surface area contributed by atoms with E-state index in [1.54, 1.807) is 0 Å². The Balaban J connectivity index is 2.13. The molecule has 1 fully saturated rings. The zero-order valence-electron chi connectivity index (χ0n) is 6.69. The van der Waals surface area contributed by atoms with Crippen LogP contribution in [0.15, 0.2) is 0 Å². The highest BCUT2D eigenvalue weighted by Crippen LogP contribution is 2.47. The first kappa shape index (κ1) is 8.54. The number of halogens is 1. The van der Waals surface area contributed by atoms with E-state index >= 15 is 0 Å². The molecule has 0 aromatic carbocycles. The van der Waals surface area contributed by atoms with Gasteiger partial charge >= 0.3 is 0 Å². The van der Waals surface area contributed by atoms with Crippen LogP contribution in [0.5, 0.6) is 0 Å². The Hall–Kier alpha value is 0.440. The van der Waals surface area contributed by atoms with Gasteiger partial charge in [0, 0.05) is 10.7 Å². The summed E-state index contributed by atoms with van der Waals surface area (Å²) in [6, 6.07) is 0. The zero-order chi connectivity index (χ0) is 7.61. The minimum Gasteiger partial charge on any atom is -0.378 e. The second-order valence-electron chi connectivity index (χ2n) is 3.49. The van der Waals surface area contributed by atoms with Crippen LogP contribution in [0.3, 0.4) is 0 Å². The third-order valence-corrected chi connectivity index (χ3v) is 3.15. The van der Waals surface area contributed by atoms with Gasteiger partial charge in [-0.1, -0.05) is 15.9 Å². The van der Waals surface area contributed by atoms with E-state index in [-0.39, 0.29) is 0 Å². The third-order valence-electron chi connectivity index (χ3n) is 1.96. The molecule has 0 aliphatic heterocycles. The maximum absolute atomic E-state index is 5.53. The van der Waals surface area contributed by atoms with Gasteiger partial charge in [0.15, 0.2) is 0 Å². The molecule has 0 saturated heterocycles. The van der Waals surface area contributed by atoms with Crippen molar-refractivity contribution in [1.29, 1.82) is 0 Å². The molecule has 1 aliphatic carbocycles. The fraction of sp³-hybridized carbons (Fsp3) is 1.00. The van der Waals surface area contributed by atoms with Gasteiger partial charge in [-0.15, -0.1) is 0 Å². The smallest absolute Gasteiger partial charge is 0.0533 e. The van der Waals surface area contributed by atoms with Crippen molar-refractivity contribution in [2.75, 3.05) is 11.9 Å². The molecule has 1 aliphatic rings. The van der Waals surface area contributed by atoms with Crippen LogP contribution in [0.25, 0.3) is 0 Å². The molecule has 0 bridgehead atoms. The quantitative estimate of drug-likeness (QED) is 0.644. The largest absolute Gasteiger partial charge is 0.378 e. The predicted octanol–water partition coefficient (Wildman–Crippen LogP) is 2.59. The number of hydrogen-bond acceptors (Lipinski definition) is 1. The van der Waals surface area contributed by atoms with E-state index in [1.807, 2.05) is 0 Å². The van der Waals surface area contributed by atoms with E-state index in [0.29, 0.717) is 11.5 Å². The van der Waals surface area contributed by atoms with Crippen LogP contribution in [-0.4, -0.2) is 18.0 Å². The van der Waals surface area contributed by atoms with E-state index in [0.717, 1.165) is 11.9 Å². The second-order valence-corrected chi connectivity index (χ2v) is 4.05. The molecule has 1 rings (SSSR count). The number of alkyl halides is 1. The van der Waals surface area contributed by atoms with Crippen LogP contribution < -0.4 is 0 Å². The predicted molar refractivity (Wildman–Crippen MR) is 46.5 cm³/mol. The topological polar surface area (TPSA) is 9.23 Å². The van der Waals surface area contributed by atoms with Crippen LogP contribution in [0.4, 0.5) is 0 Å². The number of ether oxygens (including phenoxy) is 1. The van der Waals surface area contributed by atoms with Crippen molar-refractivity contribution in [2.45, 2.75) is 32.8 Å². The lowest BCUT2D eigenvalue weighted by atomic mass is 10.2. The van der Waals surface area contributed by atoms with Crippen molar-refractivity contribution in [3.8, 4) is 0 Å². The van der Waals surface area contributed by atoms with E-state index < -0.39 is 0 Å². The van der Waals surface area contributed by atoms with Crippen LogP contribution >= 0.6 is 15.9 Å². The highest BCUT2D eigenvalue weighted by Gasteiger charge is 2.41. The number of rotatable bonds is 4. The van der Waals surface area contributed by atoms with Crippen molar-refractivity contribution < 1.29 is 4.74 Å². The molecule has 1 saturated carbocycles. The summed E-state index contributed by atoms with van der Waals surface area (Å²) in [6.45, 7) is 5.12. The summed E-state index contributed by atoms with van der Waals surface area (Å²) < 4.78 is 5.53. The normalized spacial score (nSPS) is 21.6. The van der Waals surface area contributed by atoms with Gasteiger partial charge < -0.3 is 4.74 Å². The Morgan fingerprint density at radius 3 is 2.40 bits per heavy atom. The highest BCUT2D eigenvalue weighted by atomic mass is 79.9. The number of hydrogen-bond donors (Lipinski definition) is 0. The summed E-state index contributed by atoms with van der Waals surface area (Å²) in [7, 11) is 0. The average Bonchev–Trinajstić information content (AvgIpc) is 2.64. The Kier molecular flexibility index (Phi) is 2.75. The van der Waals surface area contributed by atoms with Gasteiger partial charge in [0.05, 0.1) is 12.7 Å². The summed E-state index contributed by atoms with van der Waals surface area (Å²) in [5, 5.41) is 1.10. The summed E-state index contributed by atoms with van der Waals surface area (Å²) >= 11 is 3.50. The fourth-order valence-corrected chi connectivity index (χ4v) is 1.56. The molecule has 60 valence electrons. The van der Waals surface area contributed by atoms with Crippen LogP contribution in [-0.2, 0) is 4.74 Å². The molecule has 0 N–H and O–H groups in total. The van der Waals surface area contributed by atoms with E-state index in [9.17, 15) is 0 Å². The lowest BCUT2D eigenvalue weighted by Crippen LogP contribution is -2.15. The first-order valence-corrected chi connectivity index (χ1v) is 4.98. The molecule has 0 heterocycles. The maximum atomic E-state index is 5.53. The lowest BCUT2D eigenvalue weighted by molar-refractivity contribution is 0.0500. The first-order chi connectivity index (χ1) is 4.68. The van der Waals surface area contributed by atoms with Crippen LogP contribution in [0.1, 0.15) is 26.7 Å². The van der Waals surface area contributed by atoms with Crippen molar-refractivity contribution in [3.05, 3.63) is 0 Å².